The highest BCUT2D eigenvalue weighted by atomic mass is 19.1. The Morgan fingerprint density at radius 2 is 2.05 bits per heavy atom. The Bertz CT molecular complexity index is 567. The fourth-order valence-corrected chi connectivity index (χ4v) is 2.50. The average molecular weight is 260 g/mol. The lowest BCUT2D eigenvalue weighted by atomic mass is 9.99. The molecular formula is C15H17FN2O. The monoisotopic (exact) mass is 260 g/mol. The molecule has 100 valence electrons. The molecule has 0 radical (unpaired) electrons. The van der Waals surface area contributed by atoms with Gasteiger partial charge in [-0.15, -0.1) is 0 Å². The lowest BCUT2D eigenvalue weighted by molar-refractivity contribution is 0.211. The summed E-state index contributed by atoms with van der Waals surface area (Å²) in [7, 11) is 0. The molecule has 19 heavy (non-hydrogen) atoms. The predicted molar refractivity (Wildman–Crippen MR) is 72.8 cm³/mol. The SMILES string of the molecule is Fc1cccc2c(OCC3CCNCC3)nccc12. The van der Waals surface area contributed by atoms with Crippen LogP contribution in [-0.2, 0) is 0 Å². The Hall–Kier alpha value is -1.68. The van der Waals surface area contributed by atoms with Gasteiger partial charge in [-0.3, -0.25) is 0 Å². The van der Waals surface area contributed by atoms with Crippen LogP contribution in [0.2, 0.25) is 0 Å². The lowest BCUT2D eigenvalue weighted by Gasteiger charge is -2.22. The van der Waals surface area contributed by atoms with Crippen molar-refractivity contribution in [3.05, 3.63) is 36.3 Å². The van der Waals surface area contributed by atoms with E-state index in [1.807, 2.05) is 6.07 Å². The predicted octanol–water partition coefficient (Wildman–Crippen LogP) is 2.75. The molecule has 0 saturated carbocycles. The van der Waals surface area contributed by atoms with Crippen LogP contribution in [0.4, 0.5) is 4.39 Å². The van der Waals surface area contributed by atoms with Crippen molar-refractivity contribution in [2.24, 2.45) is 5.92 Å². The molecule has 0 atom stereocenters. The minimum Gasteiger partial charge on any atom is -0.477 e. The van der Waals surface area contributed by atoms with E-state index in [2.05, 4.69) is 10.3 Å². The number of nitrogens with one attached hydrogen (secondary N) is 1. The second-order valence-electron chi connectivity index (χ2n) is 4.96. The van der Waals surface area contributed by atoms with Gasteiger partial charge in [0.15, 0.2) is 0 Å². The van der Waals surface area contributed by atoms with Gasteiger partial charge in [-0.25, -0.2) is 9.37 Å². The molecule has 1 saturated heterocycles. The molecular weight excluding hydrogens is 243 g/mol. The Labute approximate surface area is 111 Å². The normalized spacial score (nSPS) is 16.7. The number of hydrogen-bond acceptors (Lipinski definition) is 3. The van der Waals surface area contributed by atoms with Crippen LogP contribution >= 0.6 is 0 Å². The highest BCUT2D eigenvalue weighted by Gasteiger charge is 2.15. The zero-order valence-corrected chi connectivity index (χ0v) is 10.7. The van der Waals surface area contributed by atoms with Gasteiger partial charge in [0.25, 0.3) is 0 Å². The van der Waals surface area contributed by atoms with Gasteiger partial charge in [-0.05, 0) is 50.0 Å². The summed E-state index contributed by atoms with van der Waals surface area (Å²) in [6, 6.07) is 6.68. The lowest BCUT2D eigenvalue weighted by Crippen LogP contribution is -2.30. The van der Waals surface area contributed by atoms with Crippen LogP contribution in [0.25, 0.3) is 10.8 Å². The van der Waals surface area contributed by atoms with E-state index in [1.54, 1.807) is 18.3 Å². The van der Waals surface area contributed by atoms with E-state index < -0.39 is 0 Å². The van der Waals surface area contributed by atoms with E-state index in [0.29, 0.717) is 23.8 Å². The third-order valence-electron chi connectivity index (χ3n) is 3.63. The maximum atomic E-state index is 13.7. The maximum absolute atomic E-state index is 13.7. The highest BCUT2D eigenvalue weighted by molar-refractivity contribution is 5.87. The average Bonchev–Trinajstić information content (AvgIpc) is 2.47. The van der Waals surface area contributed by atoms with Crippen molar-refractivity contribution in [2.75, 3.05) is 19.7 Å². The molecule has 0 amide bonds. The molecule has 1 aliphatic rings. The van der Waals surface area contributed by atoms with Gasteiger partial charge in [-0.2, -0.15) is 0 Å². The quantitative estimate of drug-likeness (QED) is 0.921. The molecule has 3 nitrogen and oxygen atoms in total. The summed E-state index contributed by atoms with van der Waals surface area (Å²) < 4.78 is 19.5. The molecule has 0 unspecified atom stereocenters. The number of aromatic nitrogens is 1. The summed E-state index contributed by atoms with van der Waals surface area (Å²) in [5.41, 5.74) is 0. The Kier molecular flexibility index (Phi) is 3.60. The summed E-state index contributed by atoms with van der Waals surface area (Å²) in [5.74, 6) is 0.869. The Morgan fingerprint density at radius 3 is 2.89 bits per heavy atom. The second-order valence-corrected chi connectivity index (χ2v) is 4.96. The van der Waals surface area contributed by atoms with Crippen molar-refractivity contribution in [3.8, 4) is 5.88 Å². The summed E-state index contributed by atoms with van der Waals surface area (Å²) >= 11 is 0. The summed E-state index contributed by atoms with van der Waals surface area (Å²) in [6.45, 7) is 2.75. The largest absolute Gasteiger partial charge is 0.477 e. The van der Waals surface area contributed by atoms with Crippen LogP contribution in [0.5, 0.6) is 5.88 Å². The first-order valence-electron chi connectivity index (χ1n) is 6.71. The number of nitrogens with zero attached hydrogens (tertiary/aromatic N) is 1. The topological polar surface area (TPSA) is 34.1 Å². The molecule has 1 aromatic carbocycles. The number of halogens is 1. The number of benzene rings is 1. The number of piperidine rings is 1. The van der Waals surface area contributed by atoms with Crippen molar-refractivity contribution >= 4 is 10.8 Å². The number of fused-ring (bicyclic) bond motifs is 1. The van der Waals surface area contributed by atoms with Crippen LogP contribution in [0.1, 0.15) is 12.8 Å². The fraction of sp³-hybridized carbons (Fsp3) is 0.400. The zero-order valence-electron chi connectivity index (χ0n) is 10.7. The second kappa shape index (κ2) is 5.53. The van der Waals surface area contributed by atoms with Gasteiger partial charge >= 0.3 is 0 Å². The minimum atomic E-state index is -0.230. The van der Waals surface area contributed by atoms with Crippen molar-refractivity contribution in [2.45, 2.75) is 12.8 Å². The molecule has 0 aliphatic carbocycles. The molecule has 1 fully saturated rings. The molecule has 2 heterocycles. The van der Waals surface area contributed by atoms with Gasteiger partial charge in [-0.1, -0.05) is 6.07 Å². The zero-order chi connectivity index (χ0) is 13.1. The van der Waals surface area contributed by atoms with Gasteiger partial charge in [0.2, 0.25) is 5.88 Å². The molecule has 0 bridgehead atoms. The van der Waals surface area contributed by atoms with Crippen molar-refractivity contribution in [1.82, 2.24) is 10.3 Å². The standard InChI is InChI=1S/C15H17FN2O/c16-14-3-1-2-13-12(14)6-9-18-15(13)19-10-11-4-7-17-8-5-11/h1-3,6,9,11,17H,4-5,7-8,10H2. The van der Waals surface area contributed by atoms with Gasteiger partial charge in [0, 0.05) is 17.0 Å². The maximum Gasteiger partial charge on any atom is 0.221 e. The van der Waals surface area contributed by atoms with Gasteiger partial charge in [0.05, 0.1) is 6.61 Å². The van der Waals surface area contributed by atoms with E-state index >= 15 is 0 Å². The number of rotatable bonds is 3. The minimum absolute atomic E-state index is 0.230. The smallest absolute Gasteiger partial charge is 0.221 e. The van der Waals surface area contributed by atoms with E-state index in [1.165, 1.54) is 6.07 Å². The van der Waals surface area contributed by atoms with Crippen LogP contribution in [0.3, 0.4) is 0 Å². The molecule has 1 aromatic heterocycles. The first-order chi connectivity index (χ1) is 9.34. The Morgan fingerprint density at radius 1 is 1.21 bits per heavy atom. The van der Waals surface area contributed by atoms with Crippen LogP contribution < -0.4 is 10.1 Å². The molecule has 4 heteroatoms. The van der Waals surface area contributed by atoms with Crippen molar-refractivity contribution in [1.29, 1.82) is 0 Å². The molecule has 0 spiro atoms. The van der Waals surface area contributed by atoms with E-state index in [0.717, 1.165) is 31.3 Å². The summed E-state index contributed by atoms with van der Waals surface area (Å²) in [4.78, 5) is 4.23. The highest BCUT2D eigenvalue weighted by Crippen LogP contribution is 2.25. The third-order valence-corrected chi connectivity index (χ3v) is 3.63. The summed E-state index contributed by atoms with van der Waals surface area (Å²) in [5, 5.41) is 4.64. The first-order valence-corrected chi connectivity index (χ1v) is 6.71. The molecule has 2 aromatic rings. The molecule has 1 aliphatic heterocycles. The van der Waals surface area contributed by atoms with E-state index in [-0.39, 0.29) is 5.82 Å². The molecule has 1 N–H and O–H groups in total. The van der Waals surface area contributed by atoms with Crippen LogP contribution in [0.15, 0.2) is 30.5 Å². The van der Waals surface area contributed by atoms with Crippen molar-refractivity contribution in [3.63, 3.8) is 0 Å². The van der Waals surface area contributed by atoms with Crippen LogP contribution in [0, 0.1) is 11.7 Å². The van der Waals surface area contributed by atoms with Gasteiger partial charge < -0.3 is 10.1 Å². The van der Waals surface area contributed by atoms with Crippen LogP contribution in [-0.4, -0.2) is 24.7 Å². The first kappa shape index (κ1) is 12.4. The number of ether oxygens (including phenoxy) is 1. The fourth-order valence-electron chi connectivity index (χ4n) is 2.50. The number of pyridine rings is 1. The molecule has 3 rings (SSSR count). The third kappa shape index (κ3) is 2.68. The number of hydrogen-bond donors (Lipinski definition) is 1. The van der Waals surface area contributed by atoms with E-state index in [4.69, 9.17) is 4.74 Å². The Balaban J connectivity index is 1.79. The van der Waals surface area contributed by atoms with E-state index in [9.17, 15) is 4.39 Å². The van der Waals surface area contributed by atoms with Gasteiger partial charge in [0.1, 0.15) is 5.82 Å². The van der Waals surface area contributed by atoms with Crippen molar-refractivity contribution < 1.29 is 9.13 Å². The summed E-state index contributed by atoms with van der Waals surface area (Å²) in [6.07, 6.45) is 3.85.